The van der Waals surface area contributed by atoms with Crippen molar-refractivity contribution in [3.8, 4) is 0 Å². The second kappa shape index (κ2) is 10.5. The summed E-state index contributed by atoms with van der Waals surface area (Å²) in [5.74, 6) is 0.555. The van der Waals surface area contributed by atoms with Crippen LogP contribution >= 0.6 is 23.4 Å². The zero-order valence-electron chi connectivity index (χ0n) is 15.4. The van der Waals surface area contributed by atoms with E-state index in [0.29, 0.717) is 28.6 Å². The minimum atomic E-state index is -0.213. The van der Waals surface area contributed by atoms with Crippen LogP contribution in [0, 0.1) is 0 Å². The summed E-state index contributed by atoms with van der Waals surface area (Å²) in [5.41, 5.74) is 1.96. The Labute approximate surface area is 174 Å². The highest BCUT2D eigenvalue weighted by molar-refractivity contribution is 7.99. The summed E-state index contributed by atoms with van der Waals surface area (Å²) >= 11 is 7.61. The number of anilines is 1. The number of carbonyl (C=O) groups excluding carboxylic acids is 2. The molecule has 0 radical (unpaired) electrons. The van der Waals surface area contributed by atoms with Crippen molar-refractivity contribution in [3.63, 3.8) is 0 Å². The number of hydrogen-bond donors (Lipinski definition) is 2. The summed E-state index contributed by atoms with van der Waals surface area (Å²) in [6.45, 7) is 1.23. The molecular weight excluding hydrogens is 396 g/mol. The van der Waals surface area contributed by atoms with Gasteiger partial charge in [0.25, 0.3) is 5.91 Å². The lowest BCUT2D eigenvalue weighted by molar-refractivity contribution is -0.113. The summed E-state index contributed by atoms with van der Waals surface area (Å²) in [7, 11) is 0. The lowest BCUT2D eigenvalue weighted by atomic mass is 10.1. The molecule has 5 nitrogen and oxygen atoms in total. The molecule has 0 unspecified atom stereocenters. The van der Waals surface area contributed by atoms with Gasteiger partial charge in [0.1, 0.15) is 0 Å². The molecule has 1 saturated heterocycles. The van der Waals surface area contributed by atoms with Crippen molar-refractivity contribution in [2.24, 2.45) is 0 Å². The summed E-state index contributed by atoms with van der Waals surface area (Å²) in [5, 5.41) is 6.42. The predicted molar refractivity (Wildman–Crippen MR) is 114 cm³/mol. The van der Waals surface area contributed by atoms with Gasteiger partial charge in [-0.15, -0.1) is 11.8 Å². The molecule has 1 heterocycles. The average molecular weight is 419 g/mol. The summed E-state index contributed by atoms with van der Waals surface area (Å²) < 4.78 is 5.53. The number of hydrogen-bond acceptors (Lipinski definition) is 4. The van der Waals surface area contributed by atoms with Crippen molar-refractivity contribution < 1.29 is 14.3 Å². The Hall–Kier alpha value is -2.02. The van der Waals surface area contributed by atoms with Gasteiger partial charge in [0.05, 0.1) is 23.1 Å². The quantitative estimate of drug-likeness (QED) is 0.676. The van der Waals surface area contributed by atoms with Gasteiger partial charge >= 0.3 is 0 Å². The molecule has 1 aliphatic rings. The van der Waals surface area contributed by atoms with Crippen LogP contribution in [0.5, 0.6) is 0 Å². The van der Waals surface area contributed by atoms with E-state index < -0.39 is 0 Å². The number of halogens is 1. The lowest BCUT2D eigenvalue weighted by Crippen LogP contribution is -2.32. The molecule has 2 aromatic carbocycles. The first-order chi connectivity index (χ1) is 13.6. The third-order valence-electron chi connectivity index (χ3n) is 4.41. The van der Waals surface area contributed by atoms with E-state index in [1.807, 2.05) is 24.3 Å². The van der Waals surface area contributed by atoms with Crippen LogP contribution in [0.15, 0.2) is 48.5 Å². The van der Waals surface area contributed by atoms with Gasteiger partial charge in [-0.3, -0.25) is 9.59 Å². The van der Waals surface area contributed by atoms with Crippen molar-refractivity contribution in [2.45, 2.75) is 24.7 Å². The lowest BCUT2D eigenvalue weighted by Gasteiger charge is -2.14. The smallest absolute Gasteiger partial charge is 0.253 e. The molecule has 0 bridgehead atoms. The summed E-state index contributed by atoms with van der Waals surface area (Å²) in [6, 6.07) is 14.6. The zero-order valence-corrected chi connectivity index (χ0v) is 17.0. The van der Waals surface area contributed by atoms with E-state index in [9.17, 15) is 9.59 Å². The van der Waals surface area contributed by atoms with Crippen molar-refractivity contribution in [2.75, 3.05) is 24.2 Å². The predicted octanol–water partition coefficient (Wildman–Crippen LogP) is 4.12. The van der Waals surface area contributed by atoms with E-state index >= 15 is 0 Å². The van der Waals surface area contributed by atoms with Crippen LogP contribution in [-0.4, -0.2) is 36.8 Å². The largest absolute Gasteiger partial charge is 0.376 e. The highest BCUT2D eigenvalue weighted by Gasteiger charge is 2.18. The minimum absolute atomic E-state index is 0.0758. The highest BCUT2D eigenvalue weighted by Crippen LogP contribution is 2.21. The maximum Gasteiger partial charge on any atom is 0.253 e. The van der Waals surface area contributed by atoms with Crippen LogP contribution in [0.25, 0.3) is 0 Å². The van der Waals surface area contributed by atoms with Gasteiger partial charge in [0.2, 0.25) is 5.91 Å². The van der Waals surface area contributed by atoms with E-state index in [2.05, 4.69) is 10.6 Å². The van der Waals surface area contributed by atoms with Crippen molar-refractivity contribution in [1.29, 1.82) is 0 Å². The second-order valence-electron chi connectivity index (χ2n) is 6.52. The molecule has 1 aliphatic heterocycles. The molecule has 2 N–H and O–H groups in total. The van der Waals surface area contributed by atoms with Gasteiger partial charge in [0, 0.05) is 23.9 Å². The zero-order chi connectivity index (χ0) is 19.8. The van der Waals surface area contributed by atoms with Gasteiger partial charge in [0.15, 0.2) is 0 Å². The van der Waals surface area contributed by atoms with Crippen molar-refractivity contribution >= 4 is 40.9 Å². The number of nitrogens with one attached hydrogen (secondary N) is 2. The molecule has 1 fully saturated rings. The van der Waals surface area contributed by atoms with Crippen LogP contribution in [0.4, 0.5) is 5.69 Å². The van der Waals surface area contributed by atoms with Crippen LogP contribution in [0.3, 0.4) is 0 Å². The number of para-hydroxylation sites is 1. The van der Waals surface area contributed by atoms with Crippen LogP contribution < -0.4 is 10.6 Å². The molecule has 2 aromatic rings. The van der Waals surface area contributed by atoms with Crippen LogP contribution in [0.1, 0.15) is 28.8 Å². The van der Waals surface area contributed by atoms with E-state index in [0.717, 1.165) is 25.0 Å². The van der Waals surface area contributed by atoms with E-state index in [4.69, 9.17) is 16.3 Å². The van der Waals surface area contributed by atoms with Gasteiger partial charge in [-0.25, -0.2) is 0 Å². The molecule has 0 aliphatic carbocycles. The molecule has 0 aromatic heterocycles. The van der Waals surface area contributed by atoms with Gasteiger partial charge < -0.3 is 15.4 Å². The van der Waals surface area contributed by atoms with Crippen molar-refractivity contribution in [3.05, 3.63) is 64.7 Å². The Morgan fingerprint density at radius 1 is 1.14 bits per heavy atom. The first-order valence-electron chi connectivity index (χ1n) is 9.23. The topological polar surface area (TPSA) is 67.4 Å². The number of rotatable bonds is 8. The Morgan fingerprint density at radius 2 is 1.93 bits per heavy atom. The number of benzene rings is 2. The standard InChI is InChI=1S/C21H23ClN2O3S/c22-18-9-3-1-6-15(18)13-28-14-20(25)24-19-10-4-2-8-17(19)21(26)23-12-16-7-5-11-27-16/h1-4,6,8-10,16H,5,7,11-14H2,(H,23,26)(H,24,25)/t16-/m1/s1. The van der Waals surface area contributed by atoms with E-state index in [-0.39, 0.29) is 23.7 Å². The Kier molecular flexibility index (Phi) is 7.77. The van der Waals surface area contributed by atoms with Gasteiger partial charge in [-0.2, -0.15) is 0 Å². The molecule has 0 saturated carbocycles. The molecule has 3 rings (SSSR count). The monoisotopic (exact) mass is 418 g/mol. The van der Waals surface area contributed by atoms with Crippen molar-refractivity contribution in [1.82, 2.24) is 5.32 Å². The Morgan fingerprint density at radius 3 is 2.71 bits per heavy atom. The second-order valence-corrected chi connectivity index (χ2v) is 7.92. The maximum absolute atomic E-state index is 12.5. The fraction of sp³-hybridized carbons (Fsp3) is 0.333. The molecule has 148 valence electrons. The Bertz CT molecular complexity index is 825. The van der Waals surface area contributed by atoms with Crippen LogP contribution in [-0.2, 0) is 15.3 Å². The maximum atomic E-state index is 12.5. The van der Waals surface area contributed by atoms with Gasteiger partial charge in [-0.05, 0) is 36.6 Å². The number of carbonyl (C=O) groups is 2. The third kappa shape index (κ3) is 5.99. The number of thioether (sulfide) groups is 1. The normalized spacial score (nSPS) is 16.0. The molecular formula is C21H23ClN2O3S. The number of ether oxygens (including phenoxy) is 1. The fourth-order valence-electron chi connectivity index (χ4n) is 2.95. The summed E-state index contributed by atoms with van der Waals surface area (Å²) in [6.07, 6.45) is 2.06. The molecule has 1 atom stereocenters. The first-order valence-corrected chi connectivity index (χ1v) is 10.8. The molecule has 7 heteroatoms. The Balaban J connectivity index is 1.51. The van der Waals surface area contributed by atoms with Gasteiger partial charge in [-0.1, -0.05) is 41.9 Å². The first kappa shape index (κ1) is 20.7. The highest BCUT2D eigenvalue weighted by atomic mass is 35.5. The SMILES string of the molecule is O=C(CSCc1ccccc1Cl)Nc1ccccc1C(=O)NC[C@H]1CCCO1. The summed E-state index contributed by atoms with van der Waals surface area (Å²) in [4.78, 5) is 24.8. The molecule has 2 amide bonds. The minimum Gasteiger partial charge on any atom is -0.376 e. The average Bonchev–Trinajstić information content (AvgIpc) is 3.22. The number of amides is 2. The fourth-order valence-corrected chi connectivity index (χ4v) is 4.07. The van der Waals surface area contributed by atoms with Crippen LogP contribution in [0.2, 0.25) is 5.02 Å². The molecule has 28 heavy (non-hydrogen) atoms. The van der Waals surface area contributed by atoms with E-state index in [1.165, 1.54) is 11.8 Å². The third-order valence-corrected chi connectivity index (χ3v) is 5.76. The van der Waals surface area contributed by atoms with E-state index in [1.54, 1.807) is 24.3 Å². The molecule has 0 spiro atoms.